The van der Waals surface area contributed by atoms with Crippen LogP contribution in [0.3, 0.4) is 0 Å². The van der Waals surface area contributed by atoms with Crippen molar-refractivity contribution in [2.45, 2.75) is 19.4 Å². The molecule has 128 valence electrons. The Morgan fingerprint density at radius 1 is 1.39 bits per heavy atom. The van der Waals surface area contributed by atoms with Crippen LogP contribution in [-0.4, -0.2) is 68.2 Å². The lowest BCUT2D eigenvalue weighted by Gasteiger charge is -2.37. The Kier molecular flexibility index (Phi) is 5.47. The topological polar surface area (TPSA) is 88.9 Å². The molecule has 0 unspecified atom stereocenters. The summed E-state index contributed by atoms with van der Waals surface area (Å²) in [4.78, 5) is 14.4. The molecule has 2 atom stereocenters. The molecular weight excluding hydrogens is 300 g/mol. The fourth-order valence-corrected chi connectivity index (χ4v) is 3.14. The van der Waals surface area contributed by atoms with Crippen molar-refractivity contribution in [3.05, 3.63) is 11.8 Å². The van der Waals surface area contributed by atoms with E-state index in [2.05, 4.69) is 20.7 Å². The molecule has 1 aromatic rings. The SMILES string of the molecule is Cc1cc(NC(=O)NC[C@@H]([C@@H]2CCOC2)N2CCOCC2)no1. The van der Waals surface area contributed by atoms with Gasteiger partial charge in [-0.15, -0.1) is 0 Å². The van der Waals surface area contributed by atoms with Crippen molar-refractivity contribution in [1.29, 1.82) is 0 Å². The number of nitrogens with zero attached hydrogens (tertiary/aromatic N) is 2. The van der Waals surface area contributed by atoms with Crippen molar-refractivity contribution < 1.29 is 18.8 Å². The standard InChI is InChI=1S/C15H24N4O4/c1-11-8-14(18-23-11)17-15(20)16-9-13(12-2-5-22-10-12)19-3-6-21-7-4-19/h8,12-13H,2-7,9-10H2,1H3,(H2,16,17,18,20)/t12-,13+/m1/s1. The lowest BCUT2D eigenvalue weighted by atomic mass is 9.97. The molecule has 8 heteroatoms. The summed E-state index contributed by atoms with van der Waals surface area (Å²) in [5, 5.41) is 9.38. The number of rotatable bonds is 5. The molecule has 0 bridgehead atoms. The van der Waals surface area contributed by atoms with Gasteiger partial charge in [-0.2, -0.15) is 0 Å². The van der Waals surface area contributed by atoms with E-state index < -0.39 is 0 Å². The zero-order chi connectivity index (χ0) is 16.1. The number of carbonyl (C=O) groups excluding carboxylic acids is 1. The molecule has 2 N–H and O–H groups in total. The van der Waals surface area contributed by atoms with E-state index in [0.29, 0.717) is 24.0 Å². The molecular formula is C15H24N4O4. The predicted molar refractivity (Wildman–Crippen MR) is 83.4 cm³/mol. The minimum absolute atomic E-state index is 0.268. The number of ether oxygens (including phenoxy) is 2. The van der Waals surface area contributed by atoms with Crippen molar-refractivity contribution >= 4 is 11.8 Å². The number of hydrogen-bond donors (Lipinski definition) is 2. The minimum atomic E-state index is -0.268. The van der Waals surface area contributed by atoms with Gasteiger partial charge in [0.1, 0.15) is 5.76 Å². The van der Waals surface area contributed by atoms with Crippen LogP contribution in [0.2, 0.25) is 0 Å². The maximum Gasteiger partial charge on any atom is 0.320 e. The van der Waals surface area contributed by atoms with Crippen molar-refractivity contribution in [3.63, 3.8) is 0 Å². The van der Waals surface area contributed by atoms with Crippen molar-refractivity contribution in [1.82, 2.24) is 15.4 Å². The number of nitrogens with one attached hydrogen (secondary N) is 2. The highest BCUT2D eigenvalue weighted by Crippen LogP contribution is 2.21. The van der Waals surface area contributed by atoms with Gasteiger partial charge in [0, 0.05) is 44.3 Å². The number of morpholine rings is 1. The van der Waals surface area contributed by atoms with Crippen molar-refractivity contribution in [3.8, 4) is 0 Å². The van der Waals surface area contributed by atoms with Gasteiger partial charge in [-0.1, -0.05) is 5.16 Å². The number of aryl methyl sites for hydroxylation is 1. The van der Waals surface area contributed by atoms with Crippen LogP contribution in [0.4, 0.5) is 10.6 Å². The summed E-state index contributed by atoms with van der Waals surface area (Å²) >= 11 is 0. The molecule has 3 heterocycles. The zero-order valence-electron chi connectivity index (χ0n) is 13.4. The molecule has 0 saturated carbocycles. The van der Waals surface area contributed by atoms with Gasteiger partial charge in [0.25, 0.3) is 0 Å². The van der Waals surface area contributed by atoms with E-state index in [9.17, 15) is 4.79 Å². The van der Waals surface area contributed by atoms with Gasteiger partial charge in [0.05, 0.1) is 19.8 Å². The molecule has 0 radical (unpaired) electrons. The quantitative estimate of drug-likeness (QED) is 0.834. The second kappa shape index (κ2) is 7.76. The summed E-state index contributed by atoms with van der Waals surface area (Å²) < 4.78 is 15.9. The van der Waals surface area contributed by atoms with Crippen LogP contribution in [0.15, 0.2) is 10.6 Å². The zero-order valence-corrected chi connectivity index (χ0v) is 13.4. The molecule has 2 amide bonds. The third-order valence-electron chi connectivity index (χ3n) is 4.37. The number of hydrogen-bond acceptors (Lipinski definition) is 6. The van der Waals surface area contributed by atoms with Gasteiger partial charge in [0.15, 0.2) is 5.82 Å². The second-order valence-electron chi connectivity index (χ2n) is 6.00. The molecule has 2 aliphatic heterocycles. The number of carbonyl (C=O) groups is 1. The first-order chi connectivity index (χ1) is 11.2. The Hall–Kier alpha value is -1.64. The van der Waals surface area contributed by atoms with Gasteiger partial charge in [-0.25, -0.2) is 4.79 Å². The Morgan fingerprint density at radius 2 is 2.22 bits per heavy atom. The molecule has 0 spiro atoms. The van der Waals surface area contributed by atoms with Crippen LogP contribution in [0.25, 0.3) is 0 Å². The summed E-state index contributed by atoms with van der Waals surface area (Å²) in [7, 11) is 0. The Labute approximate surface area is 135 Å². The largest absolute Gasteiger partial charge is 0.381 e. The van der Waals surface area contributed by atoms with E-state index >= 15 is 0 Å². The lowest BCUT2D eigenvalue weighted by Crippen LogP contribution is -2.52. The van der Waals surface area contributed by atoms with Gasteiger partial charge >= 0.3 is 6.03 Å². The first-order valence-corrected chi connectivity index (χ1v) is 8.10. The van der Waals surface area contributed by atoms with Crippen LogP contribution in [0.1, 0.15) is 12.2 Å². The summed E-state index contributed by atoms with van der Waals surface area (Å²) in [6.45, 7) is 7.20. The highest BCUT2D eigenvalue weighted by Gasteiger charge is 2.31. The van der Waals surface area contributed by atoms with E-state index in [1.807, 2.05) is 0 Å². The van der Waals surface area contributed by atoms with Gasteiger partial charge in [0.2, 0.25) is 0 Å². The molecule has 8 nitrogen and oxygen atoms in total. The first kappa shape index (κ1) is 16.2. The van der Waals surface area contributed by atoms with Crippen molar-refractivity contribution in [2.75, 3.05) is 51.4 Å². The van der Waals surface area contributed by atoms with E-state index in [0.717, 1.165) is 45.9 Å². The van der Waals surface area contributed by atoms with Crippen LogP contribution in [0.5, 0.6) is 0 Å². The summed E-state index contributed by atoms with van der Waals surface area (Å²) in [5.41, 5.74) is 0. The van der Waals surface area contributed by atoms with Crippen LogP contribution in [-0.2, 0) is 9.47 Å². The maximum atomic E-state index is 12.0. The third kappa shape index (κ3) is 4.43. The molecule has 2 fully saturated rings. The fourth-order valence-electron chi connectivity index (χ4n) is 3.14. The summed E-state index contributed by atoms with van der Waals surface area (Å²) in [5.74, 6) is 1.53. The normalized spacial score (nSPS) is 23.6. The Bertz CT molecular complexity index is 509. The monoisotopic (exact) mass is 324 g/mol. The Balaban J connectivity index is 1.53. The van der Waals surface area contributed by atoms with Crippen LogP contribution >= 0.6 is 0 Å². The van der Waals surface area contributed by atoms with E-state index in [4.69, 9.17) is 14.0 Å². The van der Waals surface area contributed by atoms with Crippen LogP contribution in [0, 0.1) is 12.8 Å². The van der Waals surface area contributed by atoms with E-state index in [1.165, 1.54) is 0 Å². The molecule has 2 aliphatic rings. The van der Waals surface area contributed by atoms with Crippen LogP contribution < -0.4 is 10.6 Å². The number of amides is 2. The molecule has 0 aromatic carbocycles. The molecule has 23 heavy (non-hydrogen) atoms. The number of aromatic nitrogens is 1. The maximum absolute atomic E-state index is 12.0. The molecule has 0 aliphatic carbocycles. The lowest BCUT2D eigenvalue weighted by molar-refractivity contribution is 0.00221. The van der Waals surface area contributed by atoms with E-state index in [-0.39, 0.29) is 12.1 Å². The average Bonchev–Trinajstić information content (AvgIpc) is 3.21. The third-order valence-corrected chi connectivity index (χ3v) is 4.37. The van der Waals surface area contributed by atoms with Gasteiger partial charge in [-0.3, -0.25) is 10.2 Å². The highest BCUT2D eigenvalue weighted by molar-refractivity contribution is 5.88. The first-order valence-electron chi connectivity index (χ1n) is 8.10. The minimum Gasteiger partial charge on any atom is -0.381 e. The van der Waals surface area contributed by atoms with Gasteiger partial charge < -0.3 is 19.3 Å². The summed E-state index contributed by atoms with van der Waals surface area (Å²) in [6.07, 6.45) is 1.04. The molecule has 2 saturated heterocycles. The fraction of sp³-hybridized carbons (Fsp3) is 0.733. The summed E-state index contributed by atoms with van der Waals surface area (Å²) in [6, 6.07) is 1.69. The van der Waals surface area contributed by atoms with Gasteiger partial charge in [-0.05, 0) is 13.3 Å². The predicted octanol–water partition coefficient (Wildman–Crippen LogP) is 0.842. The van der Waals surface area contributed by atoms with E-state index in [1.54, 1.807) is 13.0 Å². The number of urea groups is 1. The smallest absolute Gasteiger partial charge is 0.320 e. The average molecular weight is 324 g/mol. The highest BCUT2D eigenvalue weighted by atomic mass is 16.5. The molecule has 1 aromatic heterocycles. The second-order valence-corrected chi connectivity index (χ2v) is 6.00. The number of anilines is 1. The van der Waals surface area contributed by atoms with Crippen molar-refractivity contribution in [2.24, 2.45) is 5.92 Å². The Morgan fingerprint density at radius 3 is 2.87 bits per heavy atom. The molecule has 3 rings (SSSR count).